The molecule has 1 fully saturated rings. The first-order valence-electron chi connectivity index (χ1n) is 9.33. The van der Waals surface area contributed by atoms with E-state index >= 15 is 0 Å². The number of fused-ring (bicyclic) bond motifs is 1. The number of amides is 2. The van der Waals surface area contributed by atoms with E-state index in [1.54, 1.807) is 18.5 Å². The van der Waals surface area contributed by atoms with Crippen LogP contribution in [0.5, 0.6) is 0 Å². The average Bonchev–Trinajstić information content (AvgIpc) is 3.13. The quantitative estimate of drug-likeness (QED) is 0.708. The fourth-order valence-electron chi connectivity index (χ4n) is 3.47. The first-order valence-corrected chi connectivity index (χ1v) is 10.1. The Kier molecular flexibility index (Phi) is 5.37. The molecule has 1 aliphatic heterocycles. The van der Waals surface area contributed by atoms with Crippen molar-refractivity contribution in [3.63, 3.8) is 0 Å². The molecule has 0 aliphatic carbocycles. The smallest absolute Gasteiger partial charge is 0.321 e. The van der Waals surface area contributed by atoms with Gasteiger partial charge in [-0.15, -0.1) is 10.2 Å². The number of aromatic nitrogens is 4. The third-order valence-corrected chi connectivity index (χ3v) is 5.90. The molecule has 1 N–H and O–H groups in total. The highest BCUT2D eigenvalue weighted by Crippen LogP contribution is 2.25. The molecule has 4 rings (SSSR count). The molecule has 4 heterocycles. The van der Waals surface area contributed by atoms with Crippen molar-refractivity contribution < 1.29 is 9.18 Å². The van der Waals surface area contributed by atoms with E-state index in [2.05, 4.69) is 25.5 Å². The lowest BCUT2D eigenvalue weighted by Crippen LogP contribution is -2.52. The maximum Gasteiger partial charge on any atom is 0.323 e. The molecule has 0 aromatic carbocycles. The average molecular weight is 415 g/mol. The normalized spacial score (nSPS) is 19.7. The van der Waals surface area contributed by atoms with Crippen LogP contribution in [0.2, 0.25) is 0 Å². The molecule has 2 amide bonds. The summed E-state index contributed by atoms with van der Waals surface area (Å²) in [5.41, 5.74) is 0.720. The van der Waals surface area contributed by atoms with Gasteiger partial charge in [0, 0.05) is 30.4 Å². The van der Waals surface area contributed by atoms with Crippen molar-refractivity contribution in [2.45, 2.75) is 25.6 Å². The lowest BCUT2D eigenvalue weighted by molar-refractivity contribution is 0.0755. The van der Waals surface area contributed by atoms with Crippen LogP contribution in [0.15, 0.2) is 24.5 Å². The number of pyridine rings is 2. The molecule has 3 aromatic rings. The Hall–Kier alpha value is -2.72. The van der Waals surface area contributed by atoms with Crippen LogP contribution in [-0.2, 0) is 0 Å². The van der Waals surface area contributed by atoms with E-state index in [1.807, 2.05) is 32.0 Å². The Labute approximate surface area is 171 Å². The molecule has 0 spiro atoms. The number of carbonyl (C=O) groups is 1. The summed E-state index contributed by atoms with van der Waals surface area (Å²) in [6.07, 6.45) is 2.91. The third kappa shape index (κ3) is 4.18. The van der Waals surface area contributed by atoms with Gasteiger partial charge in [-0.05, 0) is 45.0 Å². The van der Waals surface area contributed by atoms with Crippen LogP contribution < -0.4 is 5.32 Å². The fourth-order valence-corrected chi connectivity index (χ4v) is 4.13. The topological polar surface area (TPSA) is 87.1 Å². The lowest BCUT2D eigenvalue weighted by Gasteiger charge is -2.37. The molecule has 29 heavy (non-hydrogen) atoms. The Balaban J connectivity index is 1.50. The van der Waals surface area contributed by atoms with Gasteiger partial charge in [0.25, 0.3) is 0 Å². The molecular formula is C19H22FN7OS. The number of hydrogen-bond acceptors (Lipinski definition) is 7. The van der Waals surface area contributed by atoms with Crippen molar-refractivity contribution in [1.82, 2.24) is 30.0 Å². The van der Waals surface area contributed by atoms with E-state index in [-0.39, 0.29) is 18.6 Å². The lowest BCUT2D eigenvalue weighted by atomic mass is 10.0. The Bertz CT molecular complexity index is 1040. The first kappa shape index (κ1) is 19.6. The van der Waals surface area contributed by atoms with Gasteiger partial charge in [0.05, 0.1) is 6.54 Å². The minimum Gasteiger partial charge on any atom is -0.321 e. The largest absolute Gasteiger partial charge is 0.323 e. The van der Waals surface area contributed by atoms with Gasteiger partial charge in [0.1, 0.15) is 22.7 Å². The number of nitrogens with zero attached hydrogens (tertiary/aromatic N) is 6. The SMILES string of the molecule is Cc1nnc(-c2cc3cc(NC(=O)N4CC[C@H](N(C)C)[C@@H](F)C4)ncc3cn2)s1. The number of urea groups is 1. The molecule has 0 bridgehead atoms. The van der Waals surface area contributed by atoms with Gasteiger partial charge in [-0.3, -0.25) is 10.3 Å². The molecule has 3 aromatic heterocycles. The number of hydrogen-bond donors (Lipinski definition) is 1. The number of aryl methyl sites for hydroxylation is 1. The summed E-state index contributed by atoms with van der Waals surface area (Å²) < 4.78 is 14.4. The fraction of sp³-hybridized carbons (Fsp3) is 0.421. The molecule has 1 aliphatic rings. The highest BCUT2D eigenvalue weighted by atomic mass is 32.1. The zero-order valence-electron chi connectivity index (χ0n) is 16.5. The van der Waals surface area contributed by atoms with Crippen LogP contribution in [0, 0.1) is 6.92 Å². The maximum atomic E-state index is 14.4. The van der Waals surface area contributed by atoms with Crippen molar-refractivity contribution in [2.24, 2.45) is 0 Å². The number of piperidine rings is 1. The molecule has 0 saturated carbocycles. The molecule has 1 saturated heterocycles. The van der Waals surface area contributed by atoms with Crippen molar-refractivity contribution in [3.05, 3.63) is 29.5 Å². The second-order valence-corrected chi connectivity index (χ2v) is 8.51. The van der Waals surface area contributed by atoms with E-state index in [4.69, 9.17) is 0 Å². The van der Waals surface area contributed by atoms with Gasteiger partial charge >= 0.3 is 6.03 Å². The summed E-state index contributed by atoms with van der Waals surface area (Å²) in [6.45, 7) is 2.48. The highest BCUT2D eigenvalue weighted by molar-refractivity contribution is 7.14. The second-order valence-electron chi connectivity index (χ2n) is 7.32. The number of carbonyl (C=O) groups excluding carboxylic acids is 1. The number of likely N-dealkylation sites (tertiary alicyclic amines) is 1. The standard InChI is InChI=1S/C19H22FN7OS/c1-11-24-25-18(29-11)15-6-12-7-17(22-9-13(12)8-21-15)23-19(28)27-5-4-16(26(2)3)14(20)10-27/h6-9,14,16H,4-5,10H2,1-3H3,(H,22,23,28)/t14-,16-/m0/s1. The Morgan fingerprint density at radius 3 is 2.72 bits per heavy atom. The van der Waals surface area contributed by atoms with Crippen LogP contribution in [0.1, 0.15) is 11.4 Å². The van der Waals surface area contributed by atoms with Gasteiger partial charge in [-0.1, -0.05) is 11.3 Å². The monoisotopic (exact) mass is 415 g/mol. The van der Waals surface area contributed by atoms with Gasteiger partial charge < -0.3 is 9.80 Å². The van der Waals surface area contributed by atoms with Gasteiger partial charge in [-0.25, -0.2) is 14.2 Å². The summed E-state index contributed by atoms with van der Waals surface area (Å²) in [5, 5.41) is 14.3. The van der Waals surface area contributed by atoms with Crippen molar-refractivity contribution >= 4 is 34.0 Å². The van der Waals surface area contributed by atoms with Crippen LogP contribution in [-0.4, -0.2) is 75.4 Å². The van der Waals surface area contributed by atoms with Crippen molar-refractivity contribution in [3.8, 4) is 10.7 Å². The predicted octanol–water partition coefficient (Wildman–Crippen LogP) is 2.96. The number of anilines is 1. The van der Waals surface area contributed by atoms with Gasteiger partial charge in [0.15, 0.2) is 5.01 Å². The van der Waals surface area contributed by atoms with E-state index in [0.29, 0.717) is 18.8 Å². The molecular weight excluding hydrogens is 393 g/mol. The predicted molar refractivity (Wildman–Crippen MR) is 111 cm³/mol. The zero-order chi connectivity index (χ0) is 20.5. The van der Waals surface area contributed by atoms with Crippen LogP contribution in [0.4, 0.5) is 15.0 Å². The number of rotatable bonds is 3. The van der Waals surface area contributed by atoms with E-state index < -0.39 is 6.17 Å². The minimum atomic E-state index is -1.07. The van der Waals surface area contributed by atoms with E-state index in [9.17, 15) is 9.18 Å². The van der Waals surface area contributed by atoms with Gasteiger partial charge in [0.2, 0.25) is 0 Å². The number of alkyl halides is 1. The second kappa shape index (κ2) is 7.96. The number of nitrogens with one attached hydrogen (secondary N) is 1. The van der Waals surface area contributed by atoms with Crippen LogP contribution >= 0.6 is 11.3 Å². The molecule has 0 unspecified atom stereocenters. The Morgan fingerprint density at radius 1 is 1.24 bits per heavy atom. The van der Waals surface area contributed by atoms with Crippen LogP contribution in [0.25, 0.3) is 21.5 Å². The molecule has 152 valence electrons. The summed E-state index contributed by atoms with van der Waals surface area (Å²) >= 11 is 1.47. The zero-order valence-corrected chi connectivity index (χ0v) is 17.3. The maximum absolute atomic E-state index is 14.4. The first-order chi connectivity index (χ1) is 13.9. The van der Waals surface area contributed by atoms with Crippen molar-refractivity contribution in [1.29, 1.82) is 0 Å². The number of halogens is 1. The molecule has 8 nitrogen and oxygen atoms in total. The minimum absolute atomic E-state index is 0.0761. The third-order valence-electron chi connectivity index (χ3n) is 5.04. The molecule has 0 radical (unpaired) electrons. The van der Waals surface area contributed by atoms with E-state index in [0.717, 1.165) is 26.5 Å². The van der Waals surface area contributed by atoms with Gasteiger partial charge in [-0.2, -0.15) is 0 Å². The summed E-state index contributed by atoms with van der Waals surface area (Å²) in [4.78, 5) is 24.6. The highest BCUT2D eigenvalue weighted by Gasteiger charge is 2.32. The van der Waals surface area contributed by atoms with E-state index in [1.165, 1.54) is 16.2 Å². The summed E-state index contributed by atoms with van der Waals surface area (Å²) in [7, 11) is 3.72. The van der Waals surface area contributed by atoms with Crippen LogP contribution in [0.3, 0.4) is 0 Å². The van der Waals surface area contributed by atoms with Crippen molar-refractivity contribution in [2.75, 3.05) is 32.5 Å². The molecule has 10 heteroatoms. The summed E-state index contributed by atoms with van der Waals surface area (Å²) in [5.74, 6) is 0.415. The Morgan fingerprint density at radius 2 is 2.03 bits per heavy atom. The summed E-state index contributed by atoms with van der Waals surface area (Å²) in [6, 6.07) is 3.18. The molecule has 2 atom stereocenters.